The van der Waals surface area contributed by atoms with E-state index in [-0.39, 0.29) is 73.1 Å². The van der Waals surface area contributed by atoms with Crippen LogP contribution in [0.2, 0.25) is 0 Å². The van der Waals surface area contributed by atoms with E-state index < -0.39 is 17.3 Å². The maximum Gasteiger partial charge on any atom is 0.421 e. The molecule has 1 saturated heterocycles. The SMILES string of the molecule is COc1ncc(-c2cnc(N(C(=O)NCc3ccccc3)[C@H]3CC[C@H](N)CC3)cn2)cn1.COc1ncc(-c2cnc(N(C(=O)NCc3ccccc3)[C@H]3CC[C@H](Nc4ncc(C(F)(F)F)c(N5CC(C)(O)C5)n4)CC3)cn2)cn1. The monoisotopic (exact) mass is 1100 g/mol. The van der Waals surface area contributed by atoms with Crippen molar-refractivity contribution in [3.05, 3.63) is 133 Å². The number of alkyl halides is 3. The molecule has 0 spiro atoms. The Kier molecular flexibility index (Phi) is 17.8. The second kappa shape index (κ2) is 25.4. The van der Waals surface area contributed by atoms with Gasteiger partial charge in [0.05, 0.1) is 56.0 Å². The number of carbonyl (C=O) groups excluding carboxylic acids is 2. The summed E-state index contributed by atoms with van der Waals surface area (Å²) in [6.07, 6.45) is 14.7. The van der Waals surface area contributed by atoms with Gasteiger partial charge in [0.25, 0.3) is 0 Å². The predicted octanol–water partition coefficient (Wildman–Crippen LogP) is 7.39. The highest BCUT2D eigenvalue weighted by atomic mass is 19.4. The van der Waals surface area contributed by atoms with Gasteiger partial charge in [-0.25, -0.2) is 44.5 Å². The van der Waals surface area contributed by atoms with Crippen molar-refractivity contribution in [3.63, 3.8) is 0 Å². The summed E-state index contributed by atoms with van der Waals surface area (Å²) in [5.74, 6) is 0.699. The number of hydrogen-bond donors (Lipinski definition) is 5. The van der Waals surface area contributed by atoms with Crippen LogP contribution < -0.4 is 45.9 Å². The first-order valence-corrected chi connectivity index (χ1v) is 26.2. The Hall–Kier alpha value is -8.71. The van der Waals surface area contributed by atoms with Gasteiger partial charge in [0.1, 0.15) is 11.4 Å². The molecule has 2 aliphatic carbocycles. The first-order valence-electron chi connectivity index (χ1n) is 26.2. The minimum atomic E-state index is -4.64. The van der Waals surface area contributed by atoms with Gasteiger partial charge in [0, 0.05) is 92.5 Å². The summed E-state index contributed by atoms with van der Waals surface area (Å²) in [6, 6.07) is 19.2. The lowest BCUT2D eigenvalue weighted by Crippen LogP contribution is -2.60. The number of nitrogens with zero attached hydrogens (tertiary/aromatic N) is 13. The van der Waals surface area contributed by atoms with Gasteiger partial charge in [0.15, 0.2) is 11.6 Å². The van der Waals surface area contributed by atoms with Gasteiger partial charge in [-0.2, -0.15) is 18.2 Å². The van der Waals surface area contributed by atoms with Gasteiger partial charge in [0.2, 0.25) is 5.95 Å². The van der Waals surface area contributed by atoms with Crippen LogP contribution in [0.25, 0.3) is 22.5 Å². The summed E-state index contributed by atoms with van der Waals surface area (Å²) in [5, 5.41) is 19.3. The minimum Gasteiger partial charge on any atom is -0.467 e. The molecule has 80 heavy (non-hydrogen) atoms. The molecule has 3 fully saturated rings. The average molecular weight is 1100 g/mol. The highest BCUT2D eigenvalue weighted by Crippen LogP contribution is 2.39. The van der Waals surface area contributed by atoms with Crippen LogP contribution in [0.1, 0.15) is 75.0 Å². The van der Waals surface area contributed by atoms with Gasteiger partial charge < -0.3 is 41.2 Å². The maximum absolute atomic E-state index is 13.7. The third kappa shape index (κ3) is 14.3. The van der Waals surface area contributed by atoms with E-state index in [1.54, 1.807) is 60.1 Å². The lowest BCUT2D eigenvalue weighted by atomic mass is 9.90. The fourth-order valence-electron chi connectivity index (χ4n) is 9.76. The third-order valence-electron chi connectivity index (χ3n) is 13.9. The minimum absolute atomic E-state index is 0.0232. The zero-order valence-electron chi connectivity index (χ0n) is 44.4. The number of halogens is 3. The summed E-state index contributed by atoms with van der Waals surface area (Å²) in [6.45, 7) is 2.41. The van der Waals surface area contributed by atoms with Crippen molar-refractivity contribution < 1.29 is 37.3 Å². The molecule has 10 rings (SSSR count). The number of anilines is 4. The molecule has 6 heterocycles. The molecular weight excluding hydrogens is 1040 g/mol. The number of nitrogens with two attached hydrogens (primary N) is 1. The molecule has 0 bridgehead atoms. The number of hydrogen-bond acceptors (Lipinski definition) is 18. The van der Waals surface area contributed by atoms with Crippen LogP contribution in [0.4, 0.5) is 46.2 Å². The number of methoxy groups -OCH3 is 2. The van der Waals surface area contributed by atoms with E-state index in [0.717, 1.165) is 43.0 Å². The number of aromatic nitrogens is 10. The molecule has 7 aromatic rings. The van der Waals surface area contributed by atoms with Crippen LogP contribution in [0.5, 0.6) is 12.0 Å². The van der Waals surface area contributed by atoms with Crippen molar-refractivity contribution >= 4 is 35.5 Å². The molecule has 2 aromatic carbocycles. The van der Waals surface area contributed by atoms with E-state index in [2.05, 4.69) is 65.8 Å². The second-order valence-corrected chi connectivity index (χ2v) is 20.0. The van der Waals surface area contributed by atoms with Crippen molar-refractivity contribution in [1.29, 1.82) is 0 Å². The highest BCUT2D eigenvalue weighted by Gasteiger charge is 2.44. The van der Waals surface area contributed by atoms with E-state index >= 15 is 0 Å². The van der Waals surface area contributed by atoms with Crippen molar-refractivity contribution in [3.8, 4) is 34.5 Å². The van der Waals surface area contributed by atoms with Gasteiger partial charge in [-0.3, -0.25) is 19.8 Å². The van der Waals surface area contributed by atoms with Gasteiger partial charge in [-0.15, -0.1) is 0 Å². The molecule has 6 N–H and O–H groups in total. The summed E-state index contributed by atoms with van der Waals surface area (Å²) in [5.41, 5.74) is 8.53. The Balaban J connectivity index is 0.000000210. The molecule has 2 saturated carbocycles. The van der Waals surface area contributed by atoms with Crippen LogP contribution in [0.3, 0.4) is 0 Å². The van der Waals surface area contributed by atoms with E-state index in [4.69, 9.17) is 15.2 Å². The Morgan fingerprint density at radius 2 is 1.09 bits per heavy atom. The average Bonchev–Trinajstić information content (AvgIpc) is 3.47. The van der Waals surface area contributed by atoms with Crippen molar-refractivity contribution in [2.24, 2.45) is 5.73 Å². The number of urea groups is 2. The fraction of sp³-hybridized carbons (Fsp3) is 0.382. The predicted molar refractivity (Wildman–Crippen MR) is 291 cm³/mol. The molecule has 25 heteroatoms. The number of aliphatic hydroxyl groups is 1. The summed E-state index contributed by atoms with van der Waals surface area (Å²) >= 11 is 0. The van der Waals surface area contributed by atoms with Gasteiger partial charge in [-0.05, 0) is 69.4 Å². The van der Waals surface area contributed by atoms with Crippen molar-refractivity contribution in [2.45, 2.75) is 107 Å². The summed E-state index contributed by atoms with van der Waals surface area (Å²) < 4.78 is 51.2. The first kappa shape index (κ1) is 56.0. The normalized spacial score (nSPS) is 18.5. The molecular formula is C55H62F3N17O5. The molecule has 3 aliphatic rings. The van der Waals surface area contributed by atoms with Crippen LogP contribution in [-0.2, 0) is 19.3 Å². The zero-order valence-corrected chi connectivity index (χ0v) is 44.4. The number of carbonyl (C=O) groups is 2. The Labute approximate surface area is 459 Å². The summed E-state index contributed by atoms with van der Waals surface area (Å²) in [4.78, 5) is 74.4. The third-order valence-corrected chi connectivity index (χ3v) is 13.9. The van der Waals surface area contributed by atoms with E-state index in [1.807, 2.05) is 60.7 Å². The number of rotatable bonds is 15. The lowest BCUT2D eigenvalue weighted by Gasteiger charge is -2.45. The molecule has 0 unspecified atom stereocenters. The van der Waals surface area contributed by atoms with Crippen LogP contribution in [0.15, 0.2) is 116 Å². The van der Waals surface area contributed by atoms with E-state index in [9.17, 15) is 27.9 Å². The van der Waals surface area contributed by atoms with Crippen molar-refractivity contribution in [1.82, 2.24) is 60.5 Å². The van der Waals surface area contributed by atoms with Gasteiger partial charge >= 0.3 is 30.3 Å². The molecule has 1 aliphatic heterocycles. The number of β-amino-alcohol motifs (C(OH)–C–C–N with tert-alkyl or cyclic N) is 1. The number of nitrogens with one attached hydrogen (secondary N) is 3. The smallest absolute Gasteiger partial charge is 0.421 e. The number of benzene rings is 2. The highest BCUT2D eigenvalue weighted by molar-refractivity contribution is 5.92. The molecule has 0 radical (unpaired) electrons. The van der Waals surface area contributed by atoms with E-state index in [1.165, 1.54) is 25.3 Å². The lowest BCUT2D eigenvalue weighted by molar-refractivity contribution is -0.137. The number of ether oxygens (including phenoxy) is 2. The Morgan fingerprint density at radius 3 is 1.49 bits per heavy atom. The maximum atomic E-state index is 13.7. The zero-order chi connectivity index (χ0) is 56.2. The van der Waals surface area contributed by atoms with Crippen LogP contribution in [-0.4, -0.2) is 124 Å². The fourth-order valence-corrected chi connectivity index (χ4v) is 9.76. The van der Waals surface area contributed by atoms with Crippen molar-refractivity contribution in [2.75, 3.05) is 47.3 Å². The number of amides is 4. The largest absolute Gasteiger partial charge is 0.467 e. The molecule has 418 valence electrons. The first-order chi connectivity index (χ1) is 38.6. The standard InChI is InChI=1S/C32H35F3N10O3.C23H27N7O2/c1-31(47)18-44(19-31)27-24(32(33,34)35)15-38-28(43-27)42-22-8-10-23(11-9-22)45(30(46)41-12-20-6-4-3-5-7-20)26-17-36-25(16-37-26)21-13-39-29(48-2)40-14-21;1-32-22-27-12-17(13-28-22)20-14-26-21(15-25-20)30(19-9-7-18(24)8-10-19)23(31)29-11-16-5-3-2-4-6-16/h3-7,13-17,22-23,47H,8-12,18-19H2,1-2H3,(H,41,46)(H,38,42,43);2-6,12-15,18-19H,7-11,24H2,1H3,(H,29,31)/t22-,23-;18-,19-. The Morgan fingerprint density at radius 1 is 0.637 bits per heavy atom. The van der Waals surface area contributed by atoms with Gasteiger partial charge in [-0.1, -0.05) is 60.7 Å². The molecule has 22 nitrogen and oxygen atoms in total. The Bertz CT molecular complexity index is 3110. The molecule has 4 amide bonds. The summed E-state index contributed by atoms with van der Waals surface area (Å²) in [7, 11) is 2.99. The quantitative estimate of drug-likeness (QED) is 0.0669. The molecule has 5 aromatic heterocycles. The van der Waals surface area contributed by atoms with Crippen LogP contribution in [0, 0.1) is 0 Å². The topological polar surface area (TPSA) is 274 Å². The second-order valence-electron chi connectivity index (χ2n) is 20.0. The van der Waals surface area contributed by atoms with E-state index in [0.29, 0.717) is 72.9 Å². The molecule has 0 atom stereocenters. The van der Waals surface area contributed by atoms with Crippen LogP contribution >= 0.6 is 0 Å².